The Kier molecular flexibility index (Phi) is 6.76. The van der Waals surface area contributed by atoms with Gasteiger partial charge in [0.25, 0.3) is 5.91 Å². The molecule has 148 valence electrons. The van der Waals surface area contributed by atoms with Crippen LogP contribution in [-0.4, -0.2) is 32.7 Å². The van der Waals surface area contributed by atoms with Crippen LogP contribution in [0.5, 0.6) is 0 Å². The Bertz CT molecular complexity index is 1000. The predicted molar refractivity (Wildman–Crippen MR) is 110 cm³/mol. The average Bonchev–Trinajstić information content (AvgIpc) is 3.16. The molecule has 0 spiro atoms. The largest absolute Gasteiger partial charge is 0.449 e. The number of aromatic nitrogens is 3. The van der Waals surface area contributed by atoms with Crippen molar-refractivity contribution in [2.45, 2.75) is 19.6 Å². The first-order chi connectivity index (χ1) is 14.0. The van der Waals surface area contributed by atoms with Gasteiger partial charge in [0.2, 0.25) is 0 Å². The quantitative estimate of drug-likeness (QED) is 0.475. The van der Waals surface area contributed by atoms with E-state index in [0.29, 0.717) is 17.4 Å². The first-order valence-electron chi connectivity index (χ1n) is 8.87. The molecule has 0 radical (unpaired) electrons. The third-order valence-corrected chi connectivity index (χ3v) is 4.12. The highest BCUT2D eigenvalue weighted by molar-refractivity contribution is 6.30. The zero-order valence-electron chi connectivity index (χ0n) is 15.7. The molecule has 2 heterocycles. The Morgan fingerprint density at radius 2 is 2.00 bits per heavy atom. The Balaban J connectivity index is 1.50. The number of carbonyl (C=O) groups excluding carboxylic acids is 2. The molecule has 0 aliphatic carbocycles. The van der Waals surface area contributed by atoms with E-state index in [1.54, 1.807) is 29.1 Å². The molecular formula is C21H19ClN4O3. The van der Waals surface area contributed by atoms with Crippen molar-refractivity contribution >= 4 is 35.4 Å². The molecule has 1 atom stereocenters. The van der Waals surface area contributed by atoms with Gasteiger partial charge < -0.3 is 10.1 Å². The number of pyridine rings is 1. The molecule has 3 aromatic rings. The fourth-order valence-electron chi connectivity index (χ4n) is 2.43. The van der Waals surface area contributed by atoms with Crippen LogP contribution in [0.15, 0.2) is 67.1 Å². The topological polar surface area (TPSA) is 86.1 Å². The molecule has 8 heteroatoms. The van der Waals surface area contributed by atoms with E-state index in [1.807, 2.05) is 36.5 Å². The van der Waals surface area contributed by atoms with Crippen LogP contribution in [0.3, 0.4) is 0 Å². The standard InChI is InChI=1S/C21H19ClN4O3/c1-15(21(28)25-19-9-8-18(22)12-23-19)29-20(27)10-7-17-11-24-26(14-17)13-16-5-3-2-4-6-16/h2-12,14-15H,13H2,1H3,(H,23,25,28)/b10-7+/t15-/m0/s1. The van der Waals surface area contributed by atoms with Gasteiger partial charge in [0.05, 0.1) is 17.8 Å². The lowest BCUT2D eigenvalue weighted by Crippen LogP contribution is -2.29. The van der Waals surface area contributed by atoms with Gasteiger partial charge in [0.15, 0.2) is 6.10 Å². The summed E-state index contributed by atoms with van der Waals surface area (Å²) in [5.41, 5.74) is 1.88. The van der Waals surface area contributed by atoms with Gasteiger partial charge in [0, 0.05) is 24.0 Å². The molecule has 29 heavy (non-hydrogen) atoms. The lowest BCUT2D eigenvalue weighted by Gasteiger charge is -2.11. The van der Waals surface area contributed by atoms with E-state index in [-0.39, 0.29) is 0 Å². The summed E-state index contributed by atoms with van der Waals surface area (Å²) in [4.78, 5) is 28.0. The van der Waals surface area contributed by atoms with Crippen LogP contribution in [0.2, 0.25) is 5.02 Å². The molecule has 0 unspecified atom stereocenters. The number of hydrogen-bond acceptors (Lipinski definition) is 5. The molecule has 1 aromatic carbocycles. The van der Waals surface area contributed by atoms with Gasteiger partial charge in [-0.1, -0.05) is 41.9 Å². The number of benzene rings is 1. The first-order valence-corrected chi connectivity index (χ1v) is 9.25. The summed E-state index contributed by atoms with van der Waals surface area (Å²) in [7, 11) is 0. The minimum Gasteiger partial charge on any atom is -0.449 e. The average molecular weight is 411 g/mol. The monoisotopic (exact) mass is 410 g/mol. The lowest BCUT2D eigenvalue weighted by molar-refractivity contribution is -0.148. The second-order valence-electron chi connectivity index (χ2n) is 6.22. The number of hydrogen-bond donors (Lipinski definition) is 1. The van der Waals surface area contributed by atoms with Crippen LogP contribution in [0.4, 0.5) is 5.82 Å². The summed E-state index contributed by atoms with van der Waals surface area (Å²) in [6.45, 7) is 2.12. The highest BCUT2D eigenvalue weighted by atomic mass is 35.5. The molecule has 0 saturated heterocycles. The normalized spacial score (nSPS) is 11.9. The second kappa shape index (κ2) is 9.66. The number of carbonyl (C=O) groups is 2. The van der Waals surface area contributed by atoms with E-state index in [1.165, 1.54) is 19.2 Å². The summed E-state index contributed by atoms with van der Waals surface area (Å²) in [6, 6.07) is 13.1. The highest BCUT2D eigenvalue weighted by Gasteiger charge is 2.17. The number of halogens is 1. The summed E-state index contributed by atoms with van der Waals surface area (Å²) in [6.07, 6.45) is 6.74. The highest BCUT2D eigenvalue weighted by Crippen LogP contribution is 2.10. The number of amides is 1. The Morgan fingerprint density at radius 3 is 2.72 bits per heavy atom. The van der Waals surface area contributed by atoms with Gasteiger partial charge in [-0.15, -0.1) is 0 Å². The summed E-state index contributed by atoms with van der Waals surface area (Å²) in [5.74, 6) is -0.798. The zero-order chi connectivity index (χ0) is 20.6. The lowest BCUT2D eigenvalue weighted by atomic mass is 10.2. The van der Waals surface area contributed by atoms with E-state index >= 15 is 0 Å². The van der Waals surface area contributed by atoms with E-state index < -0.39 is 18.0 Å². The van der Waals surface area contributed by atoms with Crippen LogP contribution in [0.1, 0.15) is 18.1 Å². The molecule has 0 aliphatic rings. The maximum Gasteiger partial charge on any atom is 0.331 e. The second-order valence-corrected chi connectivity index (χ2v) is 6.66. The van der Waals surface area contributed by atoms with Gasteiger partial charge in [-0.2, -0.15) is 5.10 Å². The van der Waals surface area contributed by atoms with Crippen LogP contribution >= 0.6 is 11.6 Å². The molecule has 3 rings (SSSR count). The van der Waals surface area contributed by atoms with Gasteiger partial charge >= 0.3 is 5.97 Å². The predicted octanol–water partition coefficient (Wildman–Crippen LogP) is 3.56. The number of nitrogens with one attached hydrogen (secondary N) is 1. The van der Waals surface area contributed by atoms with E-state index in [2.05, 4.69) is 15.4 Å². The van der Waals surface area contributed by atoms with Crippen molar-refractivity contribution in [3.05, 3.63) is 83.3 Å². The van der Waals surface area contributed by atoms with Crippen molar-refractivity contribution in [1.82, 2.24) is 14.8 Å². The van der Waals surface area contributed by atoms with Crippen LogP contribution < -0.4 is 5.32 Å². The van der Waals surface area contributed by atoms with Crippen LogP contribution in [0.25, 0.3) is 6.08 Å². The fourth-order valence-corrected chi connectivity index (χ4v) is 2.54. The number of anilines is 1. The summed E-state index contributed by atoms with van der Waals surface area (Å²) in [5, 5.41) is 7.27. The Morgan fingerprint density at radius 1 is 1.21 bits per heavy atom. The molecular weight excluding hydrogens is 392 g/mol. The Hall–Kier alpha value is -3.45. The minimum atomic E-state index is -0.981. The maximum atomic E-state index is 12.1. The van der Waals surface area contributed by atoms with Crippen molar-refractivity contribution in [3.8, 4) is 0 Å². The molecule has 0 bridgehead atoms. The smallest absolute Gasteiger partial charge is 0.331 e. The summed E-state index contributed by atoms with van der Waals surface area (Å²) >= 11 is 5.75. The molecule has 1 N–H and O–H groups in total. The number of esters is 1. The van der Waals surface area contributed by atoms with Crippen LogP contribution in [0, 0.1) is 0 Å². The molecule has 1 amide bonds. The number of ether oxygens (including phenoxy) is 1. The number of rotatable bonds is 7. The fraction of sp³-hybridized carbons (Fsp3) is 0.143. The first kappa shape index (κ1) is 20.3. The molecule has 7 nitrogen and oxygen atoms in total. The van der Waals surface area contributed by atoms with Gasteiger partial charge in [-0.25, -0.2) is 9.78 Å². The van der Waals surface area contributed by atoms with Crippen molar-refractivity contribution < 1.29 is 14.3 Å². The molecule has 0 fully saturated rings. The van der Waals surface area contributed by atoms with Crippen molar-refractivity contribution in [3.63, 3.8) is 0 Å². The van der Waals surface area contributed by atoms with Gasteiger partial charge in [0.1, 0.15) is 5.82 Å². The van der Waals surface area contributed by atoms with E-state index in [0.717, 1.165) is 11.1 Å². The Labute approximate surface area is 173 Å². The minimum absolute atomic E-state index is 0.323. The third kappa shape index (κ3) is 6.29. The molecule has 0 saturated carbocycles. The zero-order valence-corrected chi connectivity index (χ0v) is 16.4. The van der Waals surface area contributed by atoms with Crippen molar-refractivity contribution in [2.75, 3.05) is 5.32 Å². The number of nitrogens with zero attached hydrogens (tertiary/aromatic N) is 3. The molecule has 2 aromatic heterocycles. The van der Waals surface area contributed by atoms with Crippen molar-refractivity contribution in [2.24, 2.45) is 0 Å². The third-order valence-electron chi connectivity index (χ3n) is 3.89. The molecule has 0 aliphatic heterocycles. The van der Waals surface area contributed by atoms with Gasteiger partial charge in [-0.3, -0.25) is 9.48 Å². The van der Waals surface area contributed by atoms with Crippen LogP contribution in [-0.2, 0) is 20.9 Å². The summed E-state index contributed by atoms with van der Waals surface area (Å²) < 4.78 is 6.89. The maximum absolute atomic E-state index is 12.1. The van der Waals surface area contributed by atoms with Crippen molar-refractivity contribution in [1.29, 1.82) is 0 Å². The SMILES string of the molecule is C[C@H](OC(=O)/C=C/c1cnn(Cc2ccccc2)c1)C(=O)Nc1ccc(Cl)cn1. The van der Waals surface area contributed by atoms with Gasteiger partial charge in [-0.05, 0) is 30.7 Å². The van der Waals surface area contributed by atoms with E-state index in [9.17, 15) is 9.59 Å². The van der Waals surface area contributed by atoms with E-state index in [4.69, 9.17) is 16.3 Å².